The molecule has 0 aliphatic heterocycles. The number of carbonyl (C=O) groups excluding carboxylic acids is 1. The zero-order chi connectivity index (χ0) is 16.3. The van der Waals surface area contributed by atoms with Gasteiger partial charge in [0.25, 0.3) is 0 Å². The molecule has 120 valence electrons. The maximum Gasteiger partial charge on any atom is 0.160 e. The highest BCUT2D eigenvalue weighted by atomic mass is 35.5. The number of halogens is 2. The molecular weight excluding hydrogens is 301 g/mol. The Hall–Kier alpha value is -1.35. The van der Waals surface area contributed by atoms with E-state index in [0.717, 1.165) is 24.8 Å². The fraction of sp³-hybridized carbons (Fsp3) is 0.500. The fourth-order valence-corrected chi connectivity index (χ4v) is 2.98. The van der Waals surface area contributed by atoms with Gasteiger partial charge in [-0.2, -0.15) is 0 Å². The molecule has 0 unspecified atom stereocenters. The summed E-state index contributed by atoms with van der Waals surface area (Å²) in [6.45, 7) is 6.72. The van der Waals surface area contributed by atoms with E-state index < -0.39 is 5.82 Å². The van der Waals surface area contributed by atoms with Gasteiger partial charge in [0.15, 0.2) is 5.78 Å². The van der Waals surface area contributed by atoms with Crippen molar-refractivity contribution in [1.82, 2.24) is 0 Å². The summed E-state index contributed by atoms with van der Waals surface area (Å²) < 4.78 is 13.1. The van der Waals surface area contributed by atoms with E-state index >= 15 is 0 Å². The third-order valence-electron chi connectivity index (χ3n) is 4.89. The number of hydrogen-bond acceptors (Lipinski definition) is 2. The summed E-state index contributed by atoms with van der Waals surface area (Å²) in [5.41, 5.74) is 1.74. The van der Waals surface area contributed by atoms with Crippen molar-refractivity contribution in [2.75, 3.05) is 5.32 Å². The Bertz CT molecular complexity index is 595. The lowest BCUT2D eigenvalue weighted by Gasteiger charge is -2.36. The van der Waals surface area contributed by atoms with Gasteiger partial charge in [-0.3, -0.25) is 4.79 Å². The molecule has 0 spiro atoms. The van der Waals surface area contributed by atoms with Crippen molar-refractivity contribution < 1.29 is 9.18 Å². The SMILES string of the molecule is CCC(C)(C)[C@H]1CCC(=O)/C(=C/Nc2ccc(F)c(Cl)c2)C1. The Morgan fingerprint density at radius 2 is 2.18 bits per heavy atom. The first kappa shape index (κ1) is 17.0. The van der Waals surface area contributed by atoms with E-state index in [0.29, 0.717) is 18.0 Å². The number of anilines is 1. The minimum atomic E-state index is -0.446. The van der Waals surface area contributed by atoms with Gasteiger partial charge in [-0.25, -0.2) is 4.39 Å². The Morgan fingerprint density at radius 1 is 1.45 bits per heavy atom. The van der Waals surface area contributed by atoms with Crippen molar-refractivity contribution in [2.45, 2.75) is 46.5 Å². The molecule has 0 aromatic heterocycles. The van der Waals surface area contributed by atoms with Gasteiger partial charge < -0.3 is 5.32 Å². The van der Waals surface area contributed by atoms with Crippen molar-refractivity contribution in [3.05, 3.63) is 40.8 Å². The molecule has 2 rings (SSSR count). The molecule has 0 bridgehead atoms. The van der Waals surface area contributed by atoms with E-state index in [1.165, 1.54) is 12.1 Å². The van der Waals surface area contributed by atoms with Crippen LogP contribution in [-0.2, 0) is 4.79 Å². The van der Waals surface area contributed by atoms with Crippen LogP contribution < -0.4 is 5.32 Å². The number of ketones is 1. The van der Waals surface area contributed by atoms with Crippen LogP contribution in [0.25, 0.3) is 0 Å². The Kier molecular flexibility index (Phi) is 5.28. The summed E-state index contributed by atoms with van der Waals surface area (Å²) in [6, 6.07) is 4.45. The maximum atomic E-state index is 13.1. The number of Topliss-reactive ketones (excluding diaryl/α,β-unsaturated/α-hetero) is 1. The molecule has 0 amide bonds. The third kappa shape index (κ3) is 3.89. The highest BCUT2D eigenvalue weighted by molar-refractivity contribution is 6.31. The average molecular weight is 324 g/mol. The summed E-state index contributed by atoms with van der Waals surface area (Å²) >= 11 is 5.76. The van der Waals surface area contributed by atoms with Gasteiger partial charge in [-0.1, -0.05) is 38.8 Å². The van der Waals surface area contributed by atoms with Gasteiger partial charge in [0, 0.05) is 23.9 Å². The number of rotatable bonds is 4. The summed E-state index contributed by atoms with van der Waals surface area (Å²) in [5, 5.41) is 3.14. The van der Waals surface area contributed by atoms with Crippen LogP contribution in [0.2, 0.25) is 5.02 Å². The van der Waals surface area contributed by atoms with Crippen LogP contribution in [0, 0.1) is 17.2 Å². The Morgan fingerprint density at radius 3 is 2.82 bits per heavy atom. The van der Waals surface area contributed by atoms with Crippen LogP contribution >= 0.6 is 11.6 Å². The highest BCUT2D eigenvalue weighted by Crippen LogP contribution is 2.41. The average Bonchev–Trinajstić information content (AvgIpc) is 2.49. The number of carbonyl (C=O) groups is 1. The molecule has 4 heteroatoms. The van der Waals surface area contributed by atoms with E-state index in [-0.39, 0.29) is 16.2 Å². The first-order valence-electron chi connectivity index (χ1n) is 7.77. The van der Waals surface area contributed by atoms with E-state index in [1.54, 1.807) is 12.3 Å². The molecule has 1 aliphatic rings. The van der Waals surface area contributed by atoms with Gasteiger partial charge in [0.2, 0.25) is 0 Å². The third-order valence-corrected chi connectivity index (χ3v) is 5.18. The molecule has 1 N–H and O–H groups in total. The highest BCUT2D eigenvalue weighted by Gasteiger charge is 2.33. The molecule has 1 fully saturated rings. The molecule has 1 saturated carbocycles. The monoisotopic (exact) mass is 323 g/mol. The van der Waals surface area contributed by atoms with Gasteiger partial charge in [0.1, 0.15) is 5.82 Å². The Labute approximate surface area is 136 Å². The van der Waals surface area contributed by atoms with Gasteiger partial charge in [-0.05, 0) is 42.4 Å². The molecule has 1 aliphatic carbocycles. The largest absolute Gasteiger partial charge is 0.361 e. The molecule has 1 atom stereocenters. The number of allylic oxidation sites excluding steroid dienone is 1. The van der Waals surface area contributed by atoms with Crippen LogP contribution in [0.5, 0.6) is 0 Å². The fourth-order valence-electron chi connectivity index (χ4n) is 2.80. The van der Waals surface area contributed by atoms with Gasteiger partial charge in [-0.15, -0.1) is 0 Å². The summed E-state index contributed by atoms with van der Waals surface area (Å²) in [4.78, 5) is 12.1. The second-order valence-electron chi connectivity index (χ2n) is 6.65. The second-order valence-corrected chi connectivity index (χ2v) is 7.06. The molecule has 0 saturated heterocycles. The van der Waals surface area contributed by atoms with Gasteiger partial charge in [0.05, 0.1) is 5.02 Å². The molecule has 0 heterocycles. The Balaban J connectivity index is 2.11. The van der Waals surface area contributed by atoms with Crippen LogP contribution in [0.3, 0.4) is 0 Å². The van der Waals surface area contributed by atoms with Crippen LogP contribution in [0.1, 0.15) is 46.5 Å². The van der Waals surface area contributed by atoms with Crippen LogP contribution in [0.15, 0.2) is 30.0 Å². The number of benzene rings is 1. The standard InChI is InChI=1S/C18H23ClFNO/c1-4-18(2,3)13-5-8-17(22)12(9-13)11-21-14-6-7-16(20)15(19)10-14/h6-7,10-11,13,21H,4-5,8-9H2,1-3H3/b12-11+/t13-/m0/s1. The normalized spacial score (nSPS) is 21.2. The maximum absolute atomic E-state index is 13.1. The zero-order valence-corrected chi connectivity index (χ0v) is 14.1. The lowest BCUT2D eigenvalue weighted by Crippen LogP contribution is -2.29. The van der Waals surface area contributed by atoms with Crippen molar-refractivity contribution in [2.24, 2.45) is 11.3 Å². The van der Waals surface area contributed by atoms with Crippen molar-refractivity contribution in [3.63, 3.8) is 0 Å². The molecule has 1 aromatic carbocycles. The van der Waals surface area contributed by atoms with E-state index in [2.05, 4.69) is 26.1 Å². The molecule has 22 heavy (non-hydrogen) atoms. The molecule has 0 radical (unpaired) electrons. The van der Waals surface area contributed by atoms with E-state index in [4.69, 9.17) is 11.6 Å². The first-order valence-corrected chi connectivity index (χ1v) is 8.15. The minimum Gasteiger partial charge on any atom is -0.361 e. The zero-order valence-electron chi connectivity index (χ0n) is 13.4. The van der Waals surface area contributed by atoms with Crippen molar-refractivity contribution in [1.29, 1.82) is 0 Å². The summed E-state index contributed by atoms with van der Waals surface area (Å²) in [5.74, 6) is 0.266. The summed E-state index contributed by atoms with van der Waals surface area (Å²) in [6.07, 6.45) is 5.21. The lowest BCUT2D eigenvalue weighted by molar-refractivity contribution is -0.117. The molecular formula is C18H23ClFNO. The smallest absolute Gasteiger partial charge is 0.160 e. The molecule has 2 nitrogen and oxygen atoms in total. The van der Waals surface area contributed by atoms with Gasteiger partial charge >= 0.3 is 0 Å². The number of hydrogen-bond donors (Lipinski definition) is 1. The minimum absolute atomic E-state index is 0.0726. The van der Waals surface area contributed by atoms with E-state index in [1.807, 2.05) is 0 Å². The summed E-state index contributed by atoms with van der Waals surface area (Å²) in [7, 11) is 0. The number of nitrogens with one attached hydrogen (secondary N) is 1. The topological polar surface area (TPSA) is 29.1 Å². The quantitative estimate of drug-likeness (QED) is 0.733. The predicted molar refractivity (Wildman–Crippen MR) is 89.5 cm³/mol. The second kappa shape index (κ2) is 6.82. The van der Waals surface area contributed by atoms with Crippen LogP contribution in [-0.4, -0.2) is 5.78 Å². The predicted octanol–water partition coefficient (Wildman–Crippen LogP) is 5.58. The van der Waals surface area contributed by atoms with Crippen molar-refractivity contribution in [3.8, 4) is 0 Å². The van der Waals surface area contributed by atoms with Crippen LogP contribution in [0.4, 0.5) is 10.1 Å². The lowest BCUT2D eigenvalue weighted by atomic mass is 9.68. The molecule has 1 aromatic rings. The van der Waals surface area contributed by atoms with Crippen molar-refractivity contribution >= 4 is 23.1 Å². The first-order chi connectivity index (χ1) is 10.3. The van der Waals surface area contributed by atoms with E-state index in [9.17, 15) is 9.18 Å².